The summed E-state index contributed by atoms with van der Waals surface area (Å²) >= 11 is 0. The number of carbonyl (C=O) groups is 8. The number of hydrogen-bond acceptors (Lipinski definition) is 17. The molecule has 0 radical (unpaired) electrons. The quantitative estimate of drug-likeness (QED) is 0.0438. The first kappa shape index (κ1) is 52.1. The van der Waals surface area contributed by atoms with Gasteiger partial charge in [-0.25, -0.2) is 0 Å². The maximum atomic E-state index is 13.2. The molecule has 2 atom stereocenters. The lowest BCUT2D eigenvalue weighted by Gasteiger charge is -2.27. The fourth-order valence-corrected chi connectivity index (χ4v) is 7.96. The van der Waals surface area contributed by atoms with Gasteiger partial charge in [0.2, 0.25) is 11.8 Å². The van der Waals surface area contributed by atoms with Crippen LogP contribution in [0.2, 0.25) is 0 Å². The number of rotatable bonds is 26. The van der Waals surface area contributed by atoms with Crippen LogP contribution >= 0.6 is 0 Å². The summed E-state index contributed by atoms with van der Waals surface area (Å²) in [4.78, 5) is 102. The van der Waals surface area contributed by atoms with E-state index in [1.54, 1.807) is 32.3 Å². The van der Waals surface area contributed by atoms with Crippen LogP contribution in [0.3, 0.4) is 0 Å². The van der Waals surface area contributed by atoms with Crippen LogP contribution in [0.4, 0.5) is 0 Å². The van der Waals surface area contributed by atoms with Gasteiger partial charge in [0.1, 0.15) is 23.3 Å². The number of aromatic nitrogens is 1. The van der Waals surface area contributed by atoms with Crippen LogP contribution in [0.25, 0.3) is 11.3 Å². The number of benzene rings is 3. The topological polar surface area (TPSA) is 293 Å². The molecule has 1 unspecified atom stereocenters. The van der Waals surface area contributed by atoms with Crippen molar-refractivity contribution in [2.24, 2.45) is 0 Å². The molecule has 1 aromatic heterocycles. The van der Waals surface area contributed by atoms with Gasteiger partial charge >= 0.3 is 0 Å². The van der Waals surface area contributed by atoms with Gasteiger partial charge < -0.3 is 58.9 Å². The van der Waals surface area contributed by atoms with Gasteiger partial charge in [-0.05, 0) is 66.8 Å². The molecule has 0 bridgehead atoms. The second-order valence-corrected chi connectivity index (χ2v) is 16.8. The molecule has 3 aliphatic rings. The average molecular weight is 998 g/mol. The molecule has 0 spiro atoms. The third-order valence-electron chi connectivity index (χ3n) is 11.6. The van der Waals surface area contributed by atoms with Crippen LogP contribution < -0.4 is 30.7 Å². The van der Waals surface area contributed by atoms with E-state index in [1.807, 2.05) is 6.07 Å². The number of amides is 8. The summed E-state index contributed by atoms with van der Waals surface area (Å²) in [5.74, 6) is -3.72. The van der Waals surface area contributed by atoms with Crippen LogP contribution in [0.15, 0.2) is 65.2 Å². The Hall–Kier alpha value is -7.73. The minimum absolute atomic E-state index is 0.00573. The third kappa shape index (κ3) is 13.4. The number of nitrogens with zero attached hydrogens (tertiary/aromatic N) is 3. The fourth-order valence-electron chi connectivity index (χ4n) is 7.96. The van der Waals surface area contributed by atoms with E-state index in [9.17, 15) is 43.5 Å². The molecule has 23 heteroatoms. The highest BCUT2D eigenvalue weighted by Crippen LogP contribution is 2.36. The second-order valence-electron chi connectivity index (χ2n) is 16.8. The molecular weight excluding hydrogens is 943 g/mol. The Labute approximate surface area is 412 Å². The van der Waals surface area contributed by atoms with Gasteiger partial charge in [-0.15, -0.1) is 0 Å². The predicted molar refractivity (Wildman–Crippen MR) is 250 cm³/mol. The molecule has 4 aromatic rings. The van der Waals surface area contributed by atoms with Gasteiger partial charge in [0.25, 0.3) is 35.4 Å². The van der Waals surface area contributed by atoms with Crippen LogP contribution in [0, 0.1) is 0 Å². The van der Waals surface area contributed by atoms with Gasteiger partial charge in [0.15, 0.2) is 24.7 Å². The van der Waals surface area contributed by atoms with Crippen LogP contribution in [-0.2, 0) is 44.5 Å². The number of ether oxygens (including phenoxy) is 6. The first-order valence-electron chi connectivity index (χ1n) is 23.2. The number of piperidine rings is 1. The van der Waals surface area contributed by atoms with Crippen LogP contribution in [0.5, 0.6) is 17.2 Å². The predicted octanol–water partition coefficient (Wildman–Crippen LogP) is 1.32. The van der Waals surface area contributed by atoms with Gasteiger partial charge in [0, 0.05) is 45.2 Å². The molecule has 72 heavy (non-hydrogen) atoms. The molecule has 3 aromatic carbocycles. The van der Waals surface area contributed by atoms with Gasteiger partial charge in [0.05, 0.1) is 75.6 Å². The standard InChI is InChI=1S/C49H55N7O16/c1-55(2)47(63)32-10-7-30(24-38(32)57)40-26-36(54-72-40)45(61)52-35-11-8-29-6-9-31(25-34(29)35)70-27-42(59)50-14-16-66-18-20-68-22-23-69-21-19-67-17-15-51-43(60)28-71-39-5-3-4-33-44(39)49(65)56(48(33)64)37-12-13-41(58)53-46(37)62/h3-7,9-10,24-26,35,37,57H,8,11-23,27-28H2,1-2H3,(H,50,59)(H,51,60)(H,52,61)(H,53,58,62)/t35-,37?/m1/s1. The SMILES string of the molecule is CN(C)C(=O)c1ccc(-c2cc(C(=O)N[C@@H]3CCc4ccc(OCC(=O)NCCOCCOCCOCCOCCNC(=O)COc5cccc6c5C(=O)N(C5CCC(=O)NC5=O)C6=O)cc43)no2)cc1O. The molecule has 2 aliphatic heterocycles. The number of fused-ring (bicyclic) bond motifs is 2. The molecule has 5 N–H and O–H groups in total. The fraction of sp³-hybridized carbons (Fsp3) is 0.408. The number of phenols is 1. The minimum Gasteiger partial charge on any atom is -0.507 e. The lowest BCUT2D eigenvalue weighted by Crippen LogP contribution is -2.54. The van der Waals surface area contributed by atoms with Crippen molar-refractivity contribution in [3.05, 3.63) is 94.2 Å². The lowest BCUT2D eigenvalue weighted by atomic mass is 10.0. The van der Waals surface area contributed by atoms with Crippen molar-refractivity contribution < 1.29 is 76.4 Å². The summed E-state index contributed by atoms with van der Waals surface area (Å²) in [6.07, 6.45) is 1.41. The van der Waals surface area contributed by atoms with Crippen molar-refractivity contribution in [3.8, 4) is 28.6 Å². The maximum absolute atomic E-state index is 13.2. The summed E-state index contributed by atoms with van der Waals surface area (Å²) in [6, 6.07) is 14.4. The number of nitrogens with one attached hydrogen (secondary N) is 4. The number of hydrogen-bond donors (Lipinski definition) is 5. The van der Waals surface area contributed by atoms with E-state index >= 15 is 0 Å². The van der Waals surface area contributed by atoms with Gasteiger partial charge in [-0.3, -0.25) is 48.6 Å². The Morgan fingerprint density at radius 1 is 0.778 bits per heavy atom. The minimum atomic E-state index is -1.12. The molecule has 382 valence electrons. The van der Waals surface area contributed by atoms with Crippen molar-refractivity contribution in [2.75, 3.05) is 93.3 Å². The summed E-state index contributed by atoms with van der Waals surface area (Å²) in [6.45, 7) is 2.13. The summed E-state index contributed by atoms with van der Waals surface area (Å²) < 4.78 is 38.7. The van der Waals surface area contributed by atoms with Crippen molar-refractivity contribution in [1.29, 1.82) is 0 Å². The van der Waals surface area contributed by atoms with E-state index in [0.717, 1.165) is 22.4 Å². The first-order chi connectivity index (χ1) is 34.8. The Kier molecular flexibility index (Phi) is 18.0. The smallest absolute Gasteiger partial charge is 0.273 e. The van der Waals surface area contributed by atoms with Crippen molar-refractivity contribution in [2.45, 2.75) is 37.8 Å². The van der Waals surface area contributed by atoms with E-state index in [4.69, 9.17) is 32.9 Å². The monoisotopic (exact) mass is 997 g/mol. The van der Waals surface area contributed by atoms with Gasteiger partial charge in [-0.1, -0.05) is 23.4 Å². The number of imide groups is 2. The lowest BCUT2D eigenvalue weighted by molar-refractivity contribution is -0.136. The van der Waals surface area contributed by atoms with E-state index in [0.29, 0.717) is 50.8 Å². The zero-order valence-corrected chi connectivity index (χ0v) is 39.7. The number of aromatic hydroxyl groups is 1. The molecule has 1 fully saturated rings. The Morgan fingerprint density at radius 3 is 2.10 bits per heavy atom. The number of phenolic OH excluding ortho intramolecular Hbond substituents is 1. The Balaban J connectivity index is 0.676. The number of carbonyl (C=O) groups excluding carboxylic acids is 8. The van der Waals surface area contributed by atoms with Crippen LogP contribution in [-0.4, -0.2) is 167 Å². The maximum Gasteiger partial charge on any atom is 0.273 e. The normalized spacial score (nSPS) is 15.9. The highest BCUT2D eigenvalue weighted by atomic mass is 16.6. The Bertz CT molecular complexity index is 2670. The molecule has 1 aliphatic carbocycles. The van der Waals surface area contributed by atoms with E-state index in [1.165, 1.54) is 41.3 Å². The molecule has 8 amide bonds. The largest absolute Gasteiger partial charge is 0.507 e. The van der Waals surface area contributed by atoms with E-state index < -0.39 is 48.1 Å². The van der Waals surface area contributed by atoms with Crippen molar-refractivity contribution in [1.82, 2.24) is 36.2 Å². The van der Waals surface area contributed by atoms with Crippen LogP contribution in [0.1, 0.15) is 78.0 Å². The third-order valence-corrected chi connectivity index (χ3v) is 11.6. The molecule has 0 saturated carbocycles. The second kappa shape index (κ2) is 24.9. The average Bonchev–Trinajstić information content (AvgIpc) is 4.09. The Morgan fingerprint density at radius 2 is 1.44 bits per heavy atom. The summed E-state index contributed by atoms with van der Waals surface area (Å²) in [5, 5.41) is 24.8. The molecule has 23 nitrogen and oxygen atoms in total. The summed E-state index contributed by atoms with van der Waals surface area (Å²) in [7, 11) is 3.16. The molecule has 7 rings (SSSR count). The zero-order chi connectivity index (χ0) is 51.1. The number of aryl methyl sites for hydroxylation is 1. The van der Waals surface area contributed by atoms with Gasteiger partial charge in [-0.2, -0.15) is 0 Å². The highest BCUT2D eigenvalue weighted by molar-refractivity contribution is 6.24. The van der Waals surface area contributed by atoms with Crippen molar-refractivity contribution in [3.63, 3.8) is 0 Å². The first-order valence-corrected chi connectivity index (χ1v) is 23.2. The highest BCUT2D eigenvalue weighted by Gasteiger charge is 2.46. The molecule has 3 heterocycles. The molecule has 1 saturated heterocycles. The van der Waals surface area contributed by atoms with Crippen molar-refractivity contribution >= 4 is 47.3 Å². The zero-order valence-electron chi connectivity index (χ0n) is 39.7. The van der Waals surface area contributed by atoms with E-state index in [-0.39, 0.29) is 110 Å². The summed E-state index contributed by atoms with van der Waals surface area (Å²) in [5.41, 5.74) is 2.54. The van der Waals surface area contributed by atoms with E-state index in [2.05, 4.69) is 26.4 Å². The molecular formula is C49H55N7O16.